The van der Waals surface area contributed by atoms with Crippen molar-refractivity contribution in [1.82, 2.24) is 0 Å². The molecule has 8 heteroatoms. The summed E-state index contributed by atoms with van der Waals surface area (Å²) in [5.41, 5.74) is 0.576. The van der Waals surface area contributed by atoms with Gasteiger partial charge in [0.2, 0.25) is 0 Å². The van der Waals surface area contributed by atoms with Gasteiger partial charge in [0, 0.05) is 16.6 Å². The molecule has 1 atom stereocenters. The molecule has 0 aliphatic rings. The maximum atomic E-state index is 13.9. The molecule has 2 aromatic rings. The Bertz CT molecular complexity index is 642. The number of benzene rings is 2. The Morgan fingerprint density at radius 3 is 1.73 bits per heavy atom. The van der Waals surface area contributed by atoms with Crippen LogP contribution in [-0.2, 0) is 6.42 Å². The highest BCUT2D eigenvalue weighted by Gasteiger charge is 2.72. The molecule has 26 heavy (non-hydrogen) atoms. The highest BCUT2D eigenvalue weighted by molar-refractivity contribution is 8.00. The lowest BCUT2D eigenvalue weighted by Gasteiger charge is -2.31. The van der Waals surface area contributed by atoms with Crippen LogP contribution in [-0.4, -0.2) is 23.3 Å². The second-order valence-corrected chi connectivity index (χ2v) is 7.10. The molecule has 0 amide bonds. The first kappa shape index (κ1) is 20.6. The number of alkyl halides is 7. The average Bonchev–Trinajstić information content (AvgIpc) is 2.55. The van der Waals surface area contributed by atoms with Crippen molar-refractivity contribution in [1.29, 1.82) is 0 Å². The SMILES string of the molecule is FC(F)(F)C(F)(F)C(F)(F)CC(Cc1ccccc1)Sc1ccccc1. The van der Waals surface area contributed by atoms with Gasteiger partial charge in [-0.25, -0.2) is 0 Å². The molecule has 142 valence electrons. The second kappa shape index (κ2) is 7.90. The van der Waals surface area contributed by atoms with Crippen molar-refractivity contribution in [3.05, 3.63) is 66.2 Å². The summed E-state index contributed by atoms with van der Waals surface area (Å²) in [5.74, 6) is -11.3. The molecule has 0 fully saturated rings. The zero-order chi connectivity index (χ0) is 19.4. The second-order valence-electron chi connectivity index (χ2n) is 5.72. The van der Waals surface area contributed by atoms with Gasteiger partial charge in [0.1, 0.15) is 0 Å². The van der Waals surface area contributed by atoms with E-state index in [9.17, 15) is 30.7 Å². The summed E-state index contributed by atoms with van der Waals surface area (Å²) in [6, 6.07) is 16.3. The summed E-state index contributed by atoms with van der Waals surface area (Å²) in [5, 5.41) is -1.16. The van der Waals surface area contributed by atoms with Crippen LogP contribution in [0.2, 0.25) is 0 Å². The highest BCUT2D eigenvalue weighted by Crippen LogP contribution is 2.50. The lowest BCUT2D eigenvalue weighted by molar-refractivity contribution is -0.355. The third kappa shape index (κ3) is 4.93. The average molecular weight is 396 g/mol. The van der Waals surface area contributed by atoms with Crippen LogP contribution in [0.5, 0.6) is 0 Å². The van der Waals surface area contributed by atoms with Crippen LogP contribution < -0.4 is 0 Å². The monoisotopic (exact) mass is 396 g/mol. The number of hydrogen-bond acceptors (Lipinski definition) is 1. The fourth-order valence-electron chi connectivity index (χ4n) is 2.35. The minimum atomic E-state index is -6.31. The van der Waals surface area contributed by atoms with Gasteiger partial charge >= 0.3 is 18.0 Å². The molecule has 0 saturated heterocycles. The minimum absolute atomic E-state index is 0.0655. The fourth-order valence-corrected chi connectivity index (χ4v) is 3.61. The van der Waals surface area contributed by atoms with Crippen molar-refractivity contribution < 1.29 is 30.7 Å². The molecule has 0 aliphatic carbocycles. The molecule has 2 aromatic carbocycles. The molecule has 0 saturated carbocycles. The number of hydrogen-bond donors (Lipinski definition) is 0. The van der Waals surface area contributed by atoms with Crippen molar-refractivity contribution >= 4 is 11.8 Å². The first-order valence-electron chi connectivity index (χ1n) is 7.61. The molecule has 0 radical (unpaired) electrons. The third-order valence-electron chi connectivity index (χ3n) is 3.65. The summed E-state index contributed by atoms with van der Waals surface area (Å²) in [7, 11) is 0. The van der Waals surface area contributed by atoms with E-state index in [0.717, 1.165) is 11.8 Å². The van der Waals surface area contributed by atoms with E-state index < -0.39 is 29.7 Å². The molecule has 0 spiro atoms. The first-order valence-corrected chi connectivity index (χ1v) is 8.49. The van der Waals surface area contributed by atoms with Gasteiger partial charge in [0.25, 0.3) is 0 Å². The van der Waals surface area contributed by atoms with Gasteiger partial charge in [-0.2, -0.15) is 30.7 Å². The van der Waals surface area contributed by atoms with E-state index >= 15 is 0 Å². The maximum absolute atomic E-state index is 13.9. The van der Waals surface area contributed by atoms with Crippen molar-refractivity contribution in [2.24, 2.45) is 0 Å². The Morgan fingerprint density at radius 2 is 1.23 bits per heavy atom. The Morgan fingerprint density at radius 1 is 0.731 bits per heavy atom. The van der Waals surface area contributed by atoms with Gasteiger partial charge in [0.05, 0.1) is 0 Å². The van der Waals surface area contributed by atoms with Gasteiger partial charge in [-0.05, 0) is 24.1 Å². The van der Waals surface area contributed by atoms with Crippen LogP contribution in [0.15, 0.2) is 65.6 Å². The Kier molecular flexibility index (Phi) is 6.26. The predicted octanol–water partition coefficient (Wildman–Crippen LogP) is 6.61. The van der Waals surface area contributed by atoms with Crippen LogP contribution in [0.1, 0.15) is 12.0 Å². The molecule has 1 unspecified atom stereocenters. The fraction of sp³-hybridized carbons (Fsp3) is 0.333. The van der Waals surface area contributed by atoms with Crippen LogP contribution in [0.3, 0.4) is 0 Å². The van der Waals surface area contributed by atoms with Crippen molar-refractivity contribution in [2.45, 2.75) is 41.0 Å². The zero-order valence-electron chi connectivity index (χ0n) is 13.3. The lowest BCUT2D eigenvalue weighted by atomic mass is 10.0. The van der Waals surface area contributed by atoms with Crippen LogP contribution in [0.25, 0.3) is 0 Å². The minimum Gasteiger partial charge on any atom is -0.199 e. The van der Waals surface area contributed by atoms with Crippen LogP contribution in [0.4, 0.5) is 30.7 Å². The molecule has 2 rings (SSSR count). The quantitative estimate of drug-likeness (QED) is 0.375. The van der Waals surface area contributed by atoms with Gasteiger partial charge in [-0.3, -0.25) is 0 Å². The van der Waals surface area contributed by atoms with E-state index in [0.29, 0.717) is 10.5 Å². The third-order valence-corrected chi connectivity index (χ3v) is 4.86. The lowest BCUT2D eigenvalue weighted by Crippen LogP contribution is -2.53. The highest BCUT2D eigenvalue weighted by atomic mass is 32.2. The van der Waals surface area contributed by atoms with E-state index in [4.69, 9.17) is 0 Å². The van der Waals surface area contributed by atoms with Crippen molar-refractivity contribution in [3.8, 4) is 0 Å². The summed E-state index contributed by atoms with van der Waals surface area (Å²) in [4.78, 5) is 0.513. The van der Waals surface area contributed by atoms with Gasteiger partial charge in [-0.1, -0.05) is 48.5 Å². The molecule has 0 bridgehead atoms. The zero-order valence-corrected chi connectivity index (χ0v) is 14.1. The Labute approximate surface area is 150 Å². The van der Waals surface area contributed by atoms with E-state index in [1.807, 2.05) is 0 Å². The standard InChI is InChI=1S/C18H15F7S/c19-16(20,17(21,22)18(23,24)25)12-15(11-13-7-3-1-4-8-13)26-14-9-5-2-6-10-14/h1-10,15H,11-12H2. The molecule has 0 heterocycles. The number of halogens is 7. The summed E-state index contributed by atoms with van der Waals surface area (Å²) in [6.45, 7) is 0. The molecule has 0 N–H and O–H groups in total. The van der Waals surface area contributed by atoms with Crippen molar-refractivity contribution in [2.75, 3.05) is 0 Å². The summed E-state index contributed by atoms with van der Waals surface area (Å²) in [6.07, 6.45) is -7.98. The van der Waals surface area contributed by atoms with Gasteiger partial charge in [-0.15, -0.1) is 11.8 Å². The Hall–Kier alpha value is -1.70. The van der Waals surface area contributed by atoms with Crippen molar-refractivity contribution in [3.63, 3.8) is 0 Å². The van der Waals surface area contributed by atoms with E-state index in [1.54, 1.807) is 60.7 Å². The van der Waals surface area contributed by atoms with Crippen LogP contribution >= 0.6 is 11.8 Å². The largest absolute Gasteiger partial charge is 0.459 e. The van der Waals surface area contributed by atoms with E-state index in [2.05, 4.69) is 0 Å². The summed E-state index contributed by atoms with van der Waals surface area (Å²) < 4.78 is 91.5. The number of thioether (sulfide) groups is 1. The number of rotatable bonds is 7. The first-order chi connectivity index (χ1) is 12.0. The smallest absolute Gasteiger partial charge is 0.199 e. The van der Waals surface area contributed by atoms with E-state index in [1.165, 1.54) is 0 Å². The molecular weight excluding hydrogens is 381 g/mol. The Balaban J connectivity index is 2.25. The van der Waals surface area contributed by atoms with Gasteiger partial charge < -0.3 is 0 Å². The summed E-state index contributed by atoms with van der Waals surface area (Å²) >= 11 is 0.856. The molecular formula is C18H15F7S. The van der Waals surface area contributed by atoms with Gasteiger partial charge in [0.15, 0.2) is 0 Å². The molecule has 0 aliphatic heterocycles. The predicted molar refractivity (Wildman–Crippen MR) is 86.8 cm³/mol. The van der Waals surface area contributed by atoms with Crippen LogP contribution in [0, 0.1) is 0 Å². The normalized spacial score (nSPS) is 14.3. The molecule has 0 nitrogen and oxygen atoms in total. The molecule has 0 aromatic heterocycles. The maximum Gasteiger partial charge on any atom is 0.459 e. The van der Waals surface area contributed by atoms with E-state index in [-0.39, 0.29) is 6.42 Å². The topological polar surface area (TPSA) is 0 Å².